The van der Waals surface area contributed by atoms with Gasteiger partial charge in [0.2, 0.25) is 0 Å². The summed E-state index contributed by atoms with van der Waals surface area (Å²) < 4.78 is 0. The first-order valence-corrected chi connectivity index (χ1v) is 7.52. The topological polar surface area (TPSA) is 59.1 Å². The third-order valence-corrected chi connectivity index (χ3v) is 4.79. The van der Waals surface area contributed by atoms with Crippen molar-refractivity contribution in [3.63, 3.8) is 0 Å². The van der Waals surface area contributed by atoms with Crippen molar-refractivity contribution >= 4 is 11.7 Å². The number of Topliss-reactive ketones (excluding diaryl/α,β-unsaturated/α-hetero) is 1. The van der Waals surface area contributed by atoms with E-state index >= 15 is 0 Å². The van der Waals surface area contributed by atoms with Crippen LogP contribution in [0.3, 0.4) is 0 Å². The number of pyridine rings is 1. The molecule has 2 heterocycles. The van der Waals surface area contributed by atoms with Gasteiger partial charge in [0.05, 0.1) is 5.57 Å². The molecule has 21 heavy (non-hydrogen) atoms. The minimum atomic E-state index is -0.191. The number of nitrogens with zero attached hydrogens (tertiary/aromatic N) is 1. The summed E-state index contributed by atoms with van der Waals surface area (Å²) in [6.07, 6.45) is 6.47. The number of hydrogen-bond donors (Lipinski definition) is 1. The lowest BCUT2D eigenvalue weighted by atomic mass is 9.69. The minimum absolute atomic E-state index is 0.0974. The van der Waals surface area contributed by atoms with Gasteiger partial charge in [-0.3, -0.25) is 14.6 Å². The molecule has 1 N–H and O–H groups in total. The number of rotatable bonds is 2. The van der Waals surface area contributed by atoms with E-state index in [9.17, 15) is 9.59 Å². The lowest BCUT2D eigenvalue weighted by molar-refractivity contribution is -0.123. The fourth-order valence-electron chi connectivity index (χ4n) is 3.75. The molecule has 0 spiro atoms. The van der Waals surface area contributed by atoms with E-state index in [0.29, 0.717) is 11.5 Å². The maximum atomic E-state index is 12.1. The van der Waals surface area contributed by atoms with Crippen molar-refractivity contribution in [3.05, 3.63) is 41.2 Å². The highest BCUT2D eigenvalue weighted by Crippen LogP contribution is 2.43. The SMILES string of the molecule is CC(=O)C1=C2CCC(c3ccncc3)CC2C(C)NC1=O. The molecule has 0 radical (unpaired) electrons. The van der Waals surface area contributed by atoms with Crippen LogP contribution in [0, 0.1) is 5.92 Å². The fourth-order valence-corrected chi connectivity index (χ4v) is 3.75. The molecular formula is C17H20N2O2. The Morgan fingerprint density at radius 2 is 2.05 bits per heavy atom. The largest absolute Gasteiger partial charge is 0.349 e. The minimum Gasteiger partial charge on any atom is -0.349 e. The first-order valence-electron chi connectivity index (χ1n) is 7.52. The highest BCUT2D eigenvalue weighted by atomic mass is 16.2. The summed E-state index contributed by atoms with van der Waals surface area (Å²) in [6.45, 7) is 3.53. The Bertz CT molecular complexity index is 606. The number of aromatic nitrogens is 1. The number of carbonyl (C=O) groups excluding carboxylic acids is 2. The van der Waals surface area contributed by atoms with E-state index in [1.54, 1.807) is 0 Å². The molecule has 1 amide bonds. The van der Waals surface area contributed by atoms with Gasteiger partial charge in [0, 0.05) is 24.4 Å². The van der Waals surface area contributed by atoms with Crippen molar-refractivity contribution < 1.29 is 9.59 Å². The summed E-state index contributed by atoms with van der Waals surface area (Å²) in [6, 6.07) is 4.23. The summed E-state index contributed by atoms with van der Waals surface area (Å²) in [4.78, 5) is 27.9. The van der Waals surface area contributed by atoms with Gasteiger partial charge >= 0.3 is 0 Å². The number of hydrogen-bond acceptors (Lipinski definition) is 3. The molecule has 4 heteroatoms. The second kappa shape index (κ2) is 5.43. The average molecular weight is 284 g/mol. The molecule has 3 atom stereocenters. The van der Waals surface area contributed by atoms with E-state index < -0.39 is 0 Å². The second-order valence-electron chi connectivity index (χ2n) is 6.08. The molecule has 0 aromatic carbocycles. The highest BCUT2D eigenvalue weighted by molar-refractivity contribution is 6.19. The molecule has 3 unspecified atom stereocenters. The lowest BCUT2D eigenvalue weighted by Gasteiger charge is -2.40. The van der Waals surface area contributed by atoms with Crippen LogP contribution in [0.4, 0.5) is 0 Å². The smallest absolute Gasteiger partial charge is 0.255 e. The van der Waals surface area contributed by atoms with Crippen molar-refractivity contribution in [2.45, 2.75) is 45.1 Å². The van der Waals surface area contributed by atoms with Gasteiger partial charge in [0.25, 0.3) is 5.91 Å². The average Bonchev–Trinajstić information content (AvgIpc) is 2.47. The van der Waals surface area contributed by atoms with Crippen LogP contribution >= 0.6 is 0 Å². The number of carbonyl (C=O) groups is 2. The van der Waals surface area contributed by atoms with Gasteiger partial charge in [-0.05, 0) is 62.3 Å². The van der Waals surface area contributed by atoms with Gasteiger partial charge < -0.3 is 5.32 Å². The zero-order valence-corrected chi connectivity index (χ0v) is 12.4. The van der Waals surface area contributed by atoms with Crippen molar-refractivity contribution in [1.29, 1.82) is 0 Å². The molecule has 3 rings (SSSR count). The summed E-state index contributed by atoms with van der Waals surface area (Å²) in [7, 11) is 0. The van der Waals surface area contributed by atoms with Crippen LogP contribution in [-0.4, -0.2) is 22.7 Å². The molecule has 1 aromatic rings. The Morgan fingerprint density at radius 1 is 1.33 bits per heavy atom. The van der Waals surface area contributed by atoms with E-state index in [0.717, 1.165) is 24.8 Å². The van der Waals surface area contributed by atoms with E-state index in [1.165, 1.54) is 12.5 Å². The number of fused-ring (bicyclic) bond motifs is 1. The molecular weight excluding hydrogens is 264 g/mol. The fraction of sp³-hybridized carbons (Fsp3) is 0.471. The van der Waals surface area contributed by atoms with Gasteiger partial charge in [0.1, 0.15) is 0 Å². The number of ketones is 1. The second-order valence-corrected chi connectivity index (χ2v) is 6.08. The Hall–Kier alpha value is -1.97. The lowest BCUT2D eigenvalue weighted by Crippen LogP contribution is -2.47. The van der Waals surface area contributed by atoms with Crippen LogP contribution in [0.1, 0.15) is 44.6 Å². The maximum Gasteiger partial charge on any atom is 0.255 e. The summed E-state index contributed by atoms with van der Waals surface area (Å²) in [5.74, 6) is 0.450. The zero-order chi connectivity index (χ0) is 15.0. The van der Waals surface area contributed by atoms with Gasteiger partial charge in [-0.1, -0.05) is 0 Å². The van der Waals surface area contributed by atoms with Crippen molar-refractivity contribution in [2.24, 2.45) is 5.92 Å². The predicted octanol–water partition coefficient (Wildman–Crippen LogP) is 2.37. The summed E-state index contributed by atoms with van der Waals surface area (Å²) in [5.41, 5.74) is 2.79. The highest BCUT2D eigenvalue weighted by Gasteiger charge is 2.39. The van der Waals surface area contributed by atoms with Crippen LogP contribution in [0.5, 0.6) is 0 Å². The molecule has 0 bridgehead atoms. The monoisotopic (exact) mass is 284 g/mol. The first-order chi connectivity index (χ1) is 10.1. The molecule has 1 aliphatic carbocycles. The van der Waals surface area contributed by atoms with Gasteiger partial charge in [-0.2, -0.15) is 0 Å². The van der Waals surface area contributed by atoms with Gasteiger partial charge in [0.15, 0.2) is 5.78 Å². The Morgan fingerprint density at radius 3 is 2.71 bits per heavy atom. The van der Waals surface area contributed by atoms with Crippen LogP contribution in [0.15, 0.2) is 35.7 Å². The van der Waals surface area contributed by atoms with Crippen molar-refractivity contribution in [2.75, 3.05) is 0 Å². The molecule has 1 aliphatic heterocycles. The van der Waals surface area contributed by atoms with Gasteiger partial charge in [-0.25, -0.2) is 0 Å². The Labute approximate surface area is 124 Å². The molecule has 1 saturated carbocycles. The molecule has 1 aromatic heterocycles. The van der Waals surface area contributed by atoms with E-state index in [1.807, 2.05) is 19.3 Å². The molecule has 1 fully saturated rings. The standard InChI is InChI=1S/C17H20N2O2/c1-10-15-9-13(12-5-7-18-8-6-12)3-4-14(15)16(11(2)20)17(21)19-10/h5-8,10,13,15H,3-4,9H2,1-2H3,(H,19,21). The van der Waals surface area contributed by atoms with E-state index in [2.05, 4.69) is 22.4 Å². The third kappa shape index (κ3) is 2.50. The predicted molar refractivity (Wildman–Crippen MR) is 79.6 cm³/mol. The van der Waals surface area contributed by atoms with Crippen LogP contribution < -0.4 is 5.32 Å². The van der Waals surface area contributed by atoms with Crippen LogP contribution in [-0.2, 0) is 9.59 Å². The summed E-state index contributed by atoms with van der Waals surface area (Å²) in [5, 5.41) is 2.95. The molecule has 0 saturated heterocycles. The van der Waals surface area contributed by atoms with Crippen molar-refractivity contribution in [1.82, 2.24) is 10.3 Å². The normalized spacial score (nSPS) is 28.9. The molecule has 4 nitrogen and oxygen atoms in total. The molecule has 110 valence electrons. The Balaban J connectivity index is 1.92. The number of amides is 1. The maximum absolute atomic E-state index is 12.1. The van der Waals surface area contributed by atoms with Crippen LogP contribution in [0.25, 0.3) is 0 Å². The van der Waals surface area contributed by atoms with E-state index in [-0.39, 0.29) is 23.7 Å². The Kier molecular flexibility index (Phi) is 3.62. The van der Waals surface area contributed by atoms with Crippen molar-refractivity contribution in [3.8, 4) is 0 Å². The zero-order valence-electron chi connectivity index (χ0n) is 12.4. The quantitative estimate of drug-likeness (QED) is 0.848. The first kappa shape index (κ1) is 14.0. The number of nitrogens with one attached hydrogen (secondary N) is 1. The third-order valence-electron chi connectivity index (χ3n) is 4.79. The van der Waals surface area contributed by atoms with E-state index in [4.69, 9.17) is 0 Å². The van der Waals surface area contributed by atoms with Crippen LogP contribution in [0.2, 0.25) is 0 Å². The summed E-state index contributed by atoms with van der Waals surface area (Å²) >= 11 is 0. The van der Waals surface area contributed by atoms with Gasteiger partial charge in [-0.15, -0.1) is 0 Å². The molecule has 2 aliphatic rings.